The minimum atomic E-state index is -3.34. The van der Waals surface area contributed by atoms with Crippen molar-refractivity contribution in [2.24, 2.45) is 0 Å². The maximum atomic E-state index is 11.2. The van der Waals surface area contributed by atoms with Gasteiger partial charge in [-0.1, -0.05) is 0 Å². The summed E-state index contributed by atoms with van der Waals surface area (Å²) in [4.78, 5) is 42.9. The van der Waals surface area contributed by atoms with Crippen LogP contribution in [-0.2, 0) is 23.9 Å². The molecular formula is C13H13NO10. The largest absolute Gasteiger partial charge is 0.478 e. The first-order chi connectivity index (χ1) is 10.9. The number of ether oxygens (including phenoxy) is 2. The van der Waals surface area contributed by atoms with Crippen LogP contribution in [0.1, 0.15) is 13.8 Å². The van der Waals surface area contributed by atoms with Crippen LogP contribution in [0.2, 0.25) is 0 Å². The van der Waals surface area contributed by atoms with Crippen molar-refractivity contribution in [2.45, 2.75) is 25.4 Å². The Morgan fingerprint density at radius 2 is 1.75 bits per heavy atom. The van der Waals surface area contributed by atoms with Gasteiger partial charge in [-0.15, -0.1) is 0 Å². The Morgan fingerprint density at radius 3 is 2.17 bits per heavy atom. The number of esters is 2. The van der Waals surface area contributed by atoms with Crippen molar-refractivity contribution in [1.82, 2.24) is 0 Å². The second-order valence-electron chi connectivity index (χ2n) is 4.63. The van der Waals surface area contributed by atoms with Crippen LogP contribution in [0.3, 0.4) is 0 Å². The van der Waals surface area contributed by atoms with Gasteiger partial charge in [-0.25, -0.2) is 4.79 Å². The molecule has 2 atom stereocenters. The van der Waals surface area contributed by atoms with Crippen LogP contribution in [0.4, 0.5) is 0 Å². The molecule has 0 bridgehead atoms. The zero-order chi connectivity index (χ0) is 18.7. The topological polar surface area (TPSA) is 173 Å². The van der Waals surface area contributed by atoms with E-state index in [1.54, 1.807) is 0 Å². The lowest BCUT2D eigenvalue weighted by Gasteiger charge is -2.38. The van der Waals surface area contributed by atoms with Crippen molar-refractivity contribution in [2.75, 3.05) is 0 Å². The zero-order valence-electron chi connectivity index (χ0n) is 12.5. The summed E-state index contributed by atoms with van der Waals surface area (Å²) < 4.78 is 8.94. The smallest absolute Gasteiger partial charge is 0.374 e. The van der Waals surface area contributed by atoms with Crippen molar-refractivity contribution in [3.63, 3.8) is 0 Å². The molecule has 11 nitrogen and oxygen atoms in total. The molecule has 2 unspecified atom stereocenters. The Morgan fingerprint density at radius 1 is 1.21 bits per heavy atom. The number of rotatable bonds is 5. The number of nitro groups is 1. The summed E-state index contributed by atoms with van der Waals surface area (Å²) in [5.74, 6) is -10.3. The van der Waals surface area contributed by atoms with Crippen LogP contribution in [0.5, 0.6) is 0 Å². The second kappa shape index (κ2) is 6.60. The van der Waals surface area contributed by atoms with E-state index in [4.69, 9.17) is 5.11 Å². The first-order valence-electron chi connectivity index (χ1n) is 6.25. The van der Waals surface area contributed by atoms with Crippen molar-refractivity contribution < 1.29 is 44.1 Å². The molecule has 0 heterocycles. The van der Waals surface area contributed by atoms with Gasteiger partial charge in [0.15, 0.2) is 0 Å². The van der Waals surface area contributed by atoms with Crippen LogP contribution in [0.25, 0.3) is 0 Å². The molecule has 1 aliphatic rings. The molecule has 0 aromatic carbocycles. The molecule has 24 heavy (non-hydrogen) atoms. The molecular weight excluding hydrogens is 330 g/mol. The molecule has 0 saturated heterocycles. The molecule has 0 radical (unpaired) electrons. The monoisotopic (exact) mass is 343 g/mol. The van der Waals surface area contributed by atoms with Crippen LogP contribution >= 0.6 is 0 Å². The Bertz CT molecular complexity index is 691. The van der Waals surface area contributed by atoms with Gasteiger partial charge in [-0.05, 0) is 11.6 Å². The second-order valence-corrected chi connectivity index (χ2v) is 4.63. The van der Waals surface area contributed by atoms with Gasteiger partial charge in [-0.2, -0.15) is 0 Å². The SMILES string of the molecule is CC(=O)OC1(O)C=C(/C=C/C(=O)O)C=C([N+](=O)[O-])C1(O)OC(C)=O. The predicted molar refractivity (Wildman–Crippen MR) is 73.4 cm³/mol. The van der Waals surface area contributed by atoms with Crippen molar-refractivity contribution in [3.8, 4) is 0 Å². The van der Waals surface area contributed by atoms with E-state index in [0.29, 0.717) is 18.2 Å². The zero-order valence-corrected chi connectivity index (χ0v) is 12.5. The van der Waals surface area contributed by atoms with Gasteiger partial charge in [0.25, 0.3) is 0 Å². The molecule has 0 aromatic heterocycles. The van der Waals surface area contributed by atoms with Crippen LogP contribution in [0, 0.1) is 10.1 Å². The highest BCUT2D eigenvalue weighted by Crippen LogP contribution is 2.39. The van der Waals surface area contributed by atoms with E-state index in [-0.39, 0.29) is 5.57 Å². The van der Waals surface area contributed by atoms with Gasteiger partial charge in [-0.3, -0.25) is 19.7 Å². The summed E-state index contributed by atoms with van der Waals surface area (Å²) in [6.45, 7) is 1.63. The first-order valence-corrected chi connectivity index (χ1v) is 6.25. The van der Waals surface area contributed by atoms with Crippen molar-refractivity contribution in [1.29, 1.82) is 0 Å². The predicted octanol–water partition coefficient (Wildman–Crippen LogP) is -0.769. The standard InChI is InChI=1S/C13H13NO10/c1-7(15)23-12(19)6-9(3-4-11(17)18)5-10(14(21)22)13(12,20)24-8(2)16/h3-6,19-20H,1-2H3,(H,17,18)/b4-3+. The Hall–Kier alpha value is -3.05. The molecule has 3 N–H and O–H groups in total. The molecule has 1 aliphatic carbocycles. The summed E-state index contributed by atoms with van der Waals surface area (Å²) in [7, 11) is 0. The van der Waals surface area contributed by atoms with E-state index in [1.165, 1.54) is 0 Å². The molecule has 11 heteroatoms. The molecule has 0 amide bonds. The summed E-state index contributed by atoms with van der Waals surface area (Å²) in [5, 5.41) is 40.5. The molecule has 0 aliphatic heterocycles. The fourth-order valence-corrected chi connectivity index (χ4v) is 1.90. The summed E-state index contributed by atoms with van der Waals surface area (Å²) in [6.07, 6.45) is 2.68. The maximum Gasteiger partial charge on any atom is 0.374 e. The number of carbonyl (C=O) groups is 3. The number of carboxylic acid groups (broad SMARTS) is 1. The number of aliphatic hydroxyl groups is 2. The minimum Gasteiger partial charge on any atom is -0.478 e. The van der Waals surface area contributed by atoms with Gasteiger partial charge in [0.2, 0.25) is 0 Å². The third kappa shape index (κ3) is 3.83. The van der Waals surface area contributed by atoms with E-state index in [9.17, 15) is 34.7 Å². The third-order valence-electron chi connectivity index (χ3n) is 2.70. The third-order valence-corrected chi connectivity index (χ3v) is 2.70. The van der Waals surface area contributed by atoms with Crippen molar-refractivity contribution in [3.05, 3.63) is 45.7 Å². The quantitative estimate of drug-likeness (QED) is 0.189. The summed E-state index contributed by atoms with van der Waals surface area (Å²) >= 11 is 0. The molecule has 0 saturated carbocycles. The highest BCUT2D eigenvalue weighted by atomic mass is 16.7. The fourth-order valence-electron chi connectivity index (χ4n) is 1.90. The Kier molecular flexibility index (Phi) is 5.22. The lowest BCUT2D eigenvalue weighted by Crippen LogP contribution is -2.61. The van der Waals surface area contributed by atoms with Gasteiger partial charge in [0.05, 0.1) is 4.92 Å². The van der Waals surface area contributed by atoms with Gasteiger partial charge < -0.3 is 24.8 Å². The van der Waals surface area contributed by atoms with E-state index >= 15 is 0 Å². The van der Waals surface area contributed by atoms with Crippen molar-refractivity contribution >= 4 is 17.9 Å². The molecule has 130 valence electrons. The van der Waals surface area contributed by atoms with Crippen LogP contribution in [-0.4, -0.2) is 49.7 Å². The van der Waals surface area contributed by atoms with E-state index in [1.807, 2.05) is 0 Å². The van der Waals surface area contributed by atoms with E-state index < -0.39 is 40.1 Å². The normalized spacial score (nSPS) is 26.3. The average Bonchev–Trinajstić information content (AvgIpc) is 2.38. The van der Waals surface area contributed by atoms with Crippen LogP contribution < -0.4 is 0 Å². The number of hydrogen-bond donors (Lipinski definition) is 3. The average molecular weight is 343 g/mol. The lowest BCUT2D eigenvalue weighted by molar-refractivity contribution is -0.481. The number of carbonyl (C=O) groups excluding carboxylic acids is 2. The fraction of sp³-hybridized carbons (Fsp3) is 0.308. The molecule has 0 fully saturated rings. The molecule has 0 spiro atoms. The molecule has 0 aromatic rings. The number of nitrogens with zero attached hydrogens (tertiary/aromatic N) is 1. The number of allylic oxidation sites excluding steroid dienone is 3. The van der Waals surface area contributed by atoms with E-state index in [0.717, 1.165) is 19.9 Å². The minimum absolute atomic E-state index is 0.287. The number of hydrogen-bond acceptors (Lipinski definition) is 9. The van der Waals surface area contributed by atoms with Gasteiger partial charge in [0.1, 0.15) is 0 Å². The Balaban J connectivity index is 3.59. The number of aliphatic carboxylic acids is 1. The number of carboxylic acids is 1. The highest BCUT2D eigenvalue weighted by Gasteiger charge is 2.65. The summed E-state index contributed by atoms with van der Waals surface area (Å²) in [5.41, 5.74) is -1.53. The highest BCUT2D eigenvalue weighted by molar-refractivity contribution is 5.80. The van der Waals surface area contributed by atoms with Gasteiger partial charge in [0, 0.05) is 32.1 Å². The van der Waals surface area contributed by atoms with Crippen LogP contribution in [0.15, 0.2) is 35.6 Å². The lowest BCUT2D eigenvalue weighted by atomic mass is 9.91. The maximum absolute atomic E-state index is 11.2. The molecule has 1 rings (SSSR count). The summed E-state index contributed by atoms with van der Waals surface area (Å²) in [6, 6.07) is 0. The van der Waals surface area contributed by atoms with Gasteiger partial charge >= 0.3 is 35.2 Å². The Labute approximate surface area is 134 Å². The van der Waals surface area contributed by atoms with E-state index in [2.05, 4.69) is 9.47 Å². The first kappa shape index (κ1) is 19.0.